The van der Waals surface area contributed by atoms with E-state index in [2.05, 4.69) is 34.4 Å². The summed E-state index contributed by atoms with van der Waals surface area (Å²) in [7, 11) is 0. The van der Waals surface area contributed by atoms with Gasteiger partial charge in [0.25, 0.3) is 5.91 Å². The number of hydrogen-bond acceptors (Lipinski definition) is 6. The topological polar surface area (TPSA) is 57.3 Å². The highest BCUT2D eigenvalue weighted by molar-refractivity contribution is 7.29. The van der Waals surface area contributed by atoms with Crippen LogP contribution in [-0.4, -0.2) is 43.6 Å². The third kappa shape index (κ3) is 3.04. The summed E-state index contributed by atoms with van der Waals surface area (Å²) in [6, 6.07) is 1.97. The van der Waals surface area contributed by atoms with Gasteiger partial charge < -0.3 is 15.5 Å². The fourth-order valence-electron chi connectivity index (χ4n) is 2.28. The number of carbonyl (C=O) groups is 1. The van der Waals surface area contributed by atoms with Crippen molar-refractivity contribution in [2.24, 2.45) is 5.92 Å². The quantitative estimate of drug-likeness (QED) is 0.855. The minimum Gasteiger partial charge on any atom is -0.351 e. The van der Waals surface area contributed by atoms with E-state index >= 15 is 0 Å². The van der Waals surface area contributed by atoms with Crippen LogP contribution in [0.2, 0.25) is 0 Å². The van der Waals surface area contributed by atoms with Gasteiger partial charge in [-0.2, -0.15) is 0 Å². The number of thiophene rings is 1. The van der Waals surface area contributed by atoms with Gasteiger partial charge in [-0.1, -0.05) is 11.3 Å². The molecule has 0 aromatic carbocycles. The summed E-state index contributed by atoms with van der Waals surface area (Å²) >= 11 is 3.15. The molecule has 2 N–H and O–H groups in total. The molecule has 3 rings (SSSR count). The molecule has 0 radical (unpaired) electrons. The van der Waals surface area contributed by atoms with Crippen LogP contribution < -0.4 is 15.5 Å². The molecule has 3 heterocycles. The van der Waals surface area contributed by atoms with Gasteiger partial charge in [-0.3, -0.25) is 4.79 Å². The van der Waals surface area contributed by atoms with Gasteiger partial charge in [-0.05, 0) is 19.9 Å². The van der Waals surface area contributed by atoms with Gasteiger partial charge in [-0.25, -0.2) is 4.98 Å². The largest absolute Gasteiger partial charge is 0.351 e. The summed E-state index contributed by atoms with van der Waals surface area (Å²) in [5.41, 5.74) is 0. The number of hydrogen-bond donors (Lipinski definition) is 2. The summed E-state index contributed by atoms with van der Waals surface area (Å²) in [6.07, 6.45) is 0. The lowest BCUT2D eigenvalue weighted by Crippen LogP contribution is -2.48. The fourth-order valence-corrected chi connectivity index (χ4v) is 4.54. The minimum atomic E-state index is 0.0292. The molecule has 0 atom stereocenters. The van der Waals surface area contributed by atoms with E-state index in [0.29, 0.717) is 5.92 Å². The Morgan fingerprint density at radius 1 is 1.43 bits per heavy atom. The SMILES string of the molecule is CCN(CC)c1nc2sc(C(=O)NCC3CNC3)cc2s1. The first-order valence-corrected chi connectivity index (χ1v) is 8.98. The molecule has 1 amide bonds. The van der Waals surface area contributed by atoms with Crippen molar-refractivity contribution >= 4 is 43.2 Å². The zero-order valence-corrected chi connectivity index (χ0v) is 13.9. The van der Waals surface area contributed by atoms with Crippen molar-refractivity contribution in [3.63, 3.8) is 0 Å². The van der Waals surface area contributed by atoms with E-state index in [1.54, 1.807) is 11.3 Å². The molecule has 114 valence electrons. The number of amides is 1. The van der Waals surface area contributed by atoms with Gasteiger partial charge in [0.05, 0.1) is 9.58 Å². The van der Waals surface area contributed by atoms with Crippen LogP contribution in [0.3, 0.4) is 0 Å². The van der Waals surface area contributed by atoms with E-state index in [-0.39, 0.29) is 5.91 Å². The number of carbonyl (C=O) groups excluding carboxylic acids is 1. The number of aromatic nitrogens is 1. The van der Waals surface area contributed by atoms with Gasteiger partial charge in [-0.15, -0.1) is 11.3 Å². The summed E-state index contributed by atoms with van der Waals surface area (Å²) in [5.74, 6) is 0.615. The van der Waals surface area contributed by atoms with Crippen LogP contribution in [0.1, 0.15) is 23.5 Å². The second kappa shape index (κ2) is 6.29. The molecule has 1 fully saturated rings. The zero-order valence-electron chi connectivity index (χ0n) is 12.3. The van der Waals surface area contributed by atoms with Gasteiger partial charge in [0.2, 0.25) is 0 Å². The zero-order chi connectivity index (χ0) is 14.8. The molecule has 7 heteroatoms. The molecule has 0 bridgehead atoms. The molecular weight excluding hydrogens is 304 g/mol. The molecule has 0 unspecified atom stereocenters. The van der Waals surface area contributed by atoms with Gasteiger partial charge >= 0.3 is 0 Å². The summed E-state index contributed by atoms with van der Waals surface area (Å²) < 4.78 is 1.11. The summed E-state index contributed by atoms with van der Waals surface area (Å²) in [6.45, 7) is 8.96. The predicted molar refractivity (Wildman–Crippen MR) is 89.8 cm³/mol. The van der Waals surface area contributed by atoms with Crippen LogP contribution >= 0.6 is 22.7 Å². The van der Waals surface area contributed by atoms with Gasteiger partial charge in [0.15, 0.2) is 5.13 Å². The minimum absolute atomic E-state index is 0.0292. The highest BCUT2D eigenvalue weighted by Crippen LogP contribution is 2.34. The van der Waals surface area contributed by atoms with Crippen molar-refractivity contribution in [3.8, 4) is 0 Å². The smallest absolute Gasteiger partial charge is 0.261 e. The van der Waals surface area contributed by atoms with Gasteiger partial charge in [0, 0.05) is 38.6 Å². The molecule has 1 aliphatic rings. The highest BCUT2D eigenvalue weighted by atomic mass is 32.1. The third-order valence-electron chi connectivity index (χ3n) is 3.75. The molecule has 2 aromatic rings. The standard InChI is InChI=1S/C14H20N4OS2/c1-3-18(4-2)14-17-13-11(21-14)5-10(20-13)12(19)16-8-9-6-15-7-9/h5,9,15H,3-4,6-8H2,1-2H3,(H,16,19). The molecule has 5 nitrogen and oxygen atoms in total. The second-order valence-electron chi connectivity index (χ2n) is 5.18. The average molecular weight is 324 g/mol. The molecule has 2 aromatic heterocycles. The number of rotatable bonds is 6. The van der Waals surface area contributed by atoms with Crippen molar-refractivity contribution in [1.29, 1.82) is 0 Å². The maximum atomic E-state index is 12.1. The Morgan fingerprint density at radius 3 is 2.76 bits per heavy atom. The first-order valence-electron chi connectivity index (χ1n) is 7.35. The maximum Gasteiger partial charge on any atom is 0.261 e. The van der Waals surface area contributed by atoms with Crippen molar-refractivity contribution in [2.45, 2.75) is 13.8 Å². The third-order valence-corrected chi connectivity index (χ3v) is 5.97. The first kappa shape index (κ1) is 14.7. The monoisotopic (exact) mass is 324 g/mol. The van der Waals surface area contributed by atoms with Crippen LogP contribution in [0.5, 0.6) is 0 Å². The fraction of sp³-hybridized carbons (Fsp3) is 0.571. The Kier molecular flexibility index (Phi) is 4.42. The molecule has 21 heavy (non-hydrogen) atoms. The Bertz CT molecular complexity index is 596. The Morgan fingerprint density at radius 2 is 2.19 bits per heavy atom. The number of anilines is 1. The van der Waals surface area contributed by atoms with E-state index in [9.17, 15) is 4.79 Å². The number of nitrogens with zero attached hydrogens (tertiary/aromatic N) is 2. The average Bonchev–Trinajstić information content (AvgIpc) is 2.96. The maximum absolute atomic E-state index is 12.1. The van der Waals surface area contributed by atoms with Crippen LogP contribution in [0.4, 0.5) is 5.13 Å². The van der Waals surface area contributed by atoms with Crippen LogP contribution in [-0.2, 0) is 0 Å². The number of nitrogens with one attached hydrogen (secondary N) is 2. The van der Waals surface area contributed by atoms with E-state index < -0.39 is 0 Å². The van der Waals surface area contributed by atoms with Crippen molar-refractivity contribution in [1.82, 2.24) is 15.6 Å². The first-order chi connectivity index (χ1) is 10.2. The van der Waals surface area contributed by atoms with Crippen molar-refractivity contribution in [2.75, 3.05) is 37.6 Å². The molecule has 0 saturated carbocycles. The van der Waals surface area contributed by atoms with Crippen molar-refractivity contribution in [3.05, 3.63) is 10.9 Å². The van der Waals surface area contributed by atoms with Crippen LogP contribution in [0.15, 0.2) is 6.07 Å². The Labute approximate surface area is 132 Å². The normalized spacial score (nSPS) is 15.1. The molecule has 0 aliphatic carbocycles. The summed E-state index contributed by atoms with van der Waals surface area (Å²) in [4.78, 5) is 20.8. The number of fused-ring (bicyclic) bond motifs is 1. The van der Waals surface area contributed by atoms with E-state index in [0.717, 1.165) is 52.3 Å². The van der Waals surface area contributed by atoms with E-state index in [1.165, 1.54) is 11.3 Å². The highest BCUT2D eigenvalue weighted by Gasteiger charge is 2.19. The van der Waals surface area contributed by atoms with Crippen LogP contribution in [0, 0.1) is 5.92 Å². The lowest BCUT2D eigenvalue weighted by atomic mass is 10.0. The summed E-state index contributed by atoms with van der Waals surface area (Å²) in [5, 5.41) is 7.27. The lowest BCUT2D eigenvalue weighted by Gasteiger charge is -2.26. The molecule has 1 saturated heterocycles. The molecular formula is C14H20N4OS2. The second-order valence-corrected chi connectivity index (χ2v) is 7.22. The predicted octanol–water partition coefficient (Wildman–Crippen LogP) is 2.15. The van der Waals surface area contributed by atoms with Crippen LogP contribution in [0.25, 0.3) is 9.53 Å². The Hall–Kier alpha value is -1.18. The molecule has 1 aliphatic heterocycles. The van der Waals surface area contributed by atoms with E-state index in [4.69, 9.17) is 0 Å². The van der Waals surface area contributed by atoms with Crippen molar-refractivity contribution < 1.29 is 4.79 Å². The van der Waals surface area contributed by atoms with E-state index in [1.807, 2.05) is 6.07 Å². The molecule has 0 spiro atoms. The lowest BCUT2D eigenvalue weighted by molar-refractivity contribution is 0.0946. The van der Waals surface area contributed by atoms with Gasteiger partial charge in [0.1, 0.15) is 4.83 Å². The number of thiazole rings is 1. The Balaban J connectivity index is 1.69.